The molecule has 0 bridgehead atoms. The number of aromatic nitrogens is 2. The maximum Gasteiger partial charge on any atom is 0.258 e. The molecular formula is C20H21N3O2. The molecule has 25 heavy (non-hydrogen) atoms. The van der Waals surface area contributed by atoms with E-state index in [2.05, 4.69) is 10.4 Å². The van der Waals surface area contributed by atoms with Crippen molar-refractivity contribution in [1.29, 1.82) is 0 Å². The average molecular weight is 335 g/mol. The molecule has 0 radical (unpaired) electrons. The van der Waals surface area contributed by atoms with Gasteiger partial charge in [0.15, 0.2) is 6.61 Å². The zero-order valence-electron chi connectivity index (χ0n) is 14.2. The summed E-state index contributed by atoms with van der Waals surface area (Å²) in [4.78, 5) is 11.9. The van der Waals surface area contributed by atoms with E-state index in [4.69, 9.17) is 4.74 Å². The van der Waals surface area contributed by atoms with Crippen LogP contribution in [-0.2, 0) is 17.9 Å². The Bertz CT molecular complexity index is 811. The lowest BCUT2D eigenvalue weighted by Gasteiger charge is -2.10. The van der Waals surface area contributed by atoms with Gasteiger partial charge in [0.1, 0.15) is 5.75 Å². The number of amides is 1. The van der Waals surface area contributed by atoms with Crippen molar-refractivity contribution in [2.45, 2.75) is 20.0 Å². The summed E-state index contributed by atoms with van der Waals surface area (Å²) in [6.07, 6.45) is 3.70. The van der Waals surface area contributed by atoms with Crippen LogP contribution in [0, 0.1) is 6.92 Å². The Labute approximate surface area is 147 Å². The molecule has 2 aromatic carbocycles. The zero-order chi connectivity index (χ0) is 17.5. The SMILES string of the molecule is Cc1ccccc1OCC(=O)NCc1ccc(Cn2cccn2)cc1. The van der Waals surface area contributed by atoms with Crippen LogP contribution in [-0.4, -0.2) is 22.3 Å². The van der Waals surface area contributed by atoms with Crippen LogP contribution in [0.5, 0.6) is 5.75 Å². The monoisotopic (exact) mass is 335 g/mol. The molecule has 0 saturated heterocycles. The van der Waals surface area contributed by atoms with E-state index < -0.39 is 0 Å². The molecule has 0 aliphatic heterocycles. The Morgan fingerprint density at radius 2 is 1.84 bits per heavy atom. The van der Waals surface area contributed by atoms with Gasteiger partial charge in [-0.3, -0.25) is 9.48 Å². The molecule has 0 saturated carbocycles. The summed E-state index contributed by atoms with van der Waals surface area (Å²) in [5.74, 6) is 0.601. The molecule has 0 atom stereocenters. The Balaban J connectivity index is 1.45. The summed E-state index contributed by atoms with van der Waals surface area (Å²) in [5.41, 5.74) is 3.23. The van der Waals surface area contributed by atoms with Gasteiger partial charge in [-0.05, 0) is 35.7 Å². The second-order valence-corrected chi connectivity index (χ2v) is 5.85. The fourth-order valence-electron chi connectivity index (χ4n) is 2.46. The molecule has 1 aromatic heterocycles. The van der Waals surface area contributed by atoms with Gasteiger partial charge in [-0.25, -0.2) is 0 Å². The summed E-state index contributed by atoms with van der Waals surface area (Å²) in [6, 6.07) is 17.7. The van der Waals surface area contributed by atoms with Gasteiger partial charge in [0, 0.05) is 18.9 Å². The lowest BCUT2D eigenvalue weighted by Crippen LogP contribution is -2.28. The fraction of sp³-hybridized carbons (Fsp3) is 0.200. The Hall–Kier alpha value is -3.08. The molecule has 1 N–H and O–H groups in total. The van der Waals surface area contributed by atoms with Gasteiger partial charge < -0.3 is 10.1 Å². The number of hydrogen-bond donors (Lipinski definition) is 1. The molecule has 0 spiro atoms. The van der Waals surface area contributed by atoms with Crippen molar-refractivity contribution in [2.24, 2.45) is 0 Å². The van der Waals surface area contributed by atoms with Crippen LogP contribution in [0.4, 0.5) is 0 Å². The van der Waals surface area contributed by atoms with Crippen molar-refractivity contribution < 1.29 is 9.53 Å². The molecule has 5 heteroatoms. The summed E-state index contributed by atoms with van der Waals surface area (Å²) in [5, 5.41) is 7.06. The second-order valence-electron chi connectivity index (χ2n) is 5.85. The number of nitrogens with one attached hydrogen (secondary N) is 1. The third-order valence-corrected chi connectivity index (χ3v) is 3.87. The number of hydrogen-bond acceptors (Lipinski definition) is 3. The van der Waals surface area contributed by atoms with Crippen LogP contribution in [0.25, 0.3) is 0 Å². The van der Waals surface area contributed by atoms with Crippen molar-refractivity contribution >= 4 is 5.91 Å². The Morgan fingerprint density at radius 1 is 1.08 bits per heavy atom. The van der Waals surface area contributed by atoms with Crippen molar-refractivity contribution in [3.8, 4) is 5.75 Å². The van der Waals surface area contributed by atoms with E-state index in [0.717, 1.165) is 23.4 Å². The first kappa shape index (κ1) is 16.8. The van der Waals surface area contributed by atoms with Crippen LogP contribution in [0.1, 0.15) is 16.7 Å². The number of para-hydroxylation sites is 1. The van der Waals surface area contributed by atoms with Crippen LogP contribution in [0.15, 0.2) is 67.0 Å². The Kier molecular flexibility index (Phi) is 5.46. The average Bonchev–Trinajstić information content (AvgIpc) is 3.13. The highest BCUT2D eigenvalue weighted by Crippen LogP contribution is 2.15. The minimum Gasteiger partial charge on any atom is -0.484 e. The van der Waals surface area contributed by atoms with E-state index in [1.807, 2.05) is 72.4 Å². The number of aryl methyl sites for hydroxylation is 1. The number of nitrogens with zero attached hydrogens (tertiary/aromatic N) is 2. The zero-order valence-corrected chi connectivity index (χ0v) is 14.2. The van der Waals surface area contributed by atoms with Crippen molar-refractivity contribution in [1.82, 2.24) is 15.1 Å². The second kappa shape index (κ2) is 8.15. The molecule has 3 aromatic rings. The van der Waals surface area contributed by atoms with E-state index in [9.17, 15) is 4.79 Å². The summed E-state index contributed by atoms with van der Waals surface area (Å²) < 4.78 is 7.42. The number of carbonyl (C=O) groups excluding carboxylic acids is 1. The Morgan fingerprint density at radius 3 is 2.56 bits per heavy atom. The lowest BCUT2D eigenvalue weighted by molar-refractivity contribution is -0.123. The molecule has 1 amide bonds. The predicted molar refractivity (Wildman–Crippen MR) is 96.3 cm³/mol. The maximum atomic E-state index is 11.9. The predicted octanol–water partition coefficient (Wildman–Crippen LogP) is 2.94. The summed E-state index contributed by atoms with van der Waals surface area (Å²) in [6.45, 7) is 3.20. The van der Waals surface area contributed by atoms with Crippen molar-refractivity contribution in [3.63, 3.8) is 0 Å². The van der Waals surface area contributed by atoms with Crippen LogP contribution < -0.4 is 10.1 Å². The largest absolute Gasteiger partial charge is 0.484 e. The molecule has 0 aliphatic carbocycles. The van der Waals surface area contributed by atoms with Gasteiger partial charge in [-0.15, -0.1) is 0 Å². The number of carbonyl (C=O) groups is 1. The van der Waals surface area contributed by atoms with E-state index in [1.165, 1.54) is 5.56 Å². The van der Waals surface area contributed by atoms with Crippen LogP contribution >= 0.6 is 0 Å². The van der Waals surface area contributed by atoms with Crippen LogP contribution in [0.3, 0.4) is 0 Å². The van der Waals surface area contributed by atoms with Crippen LogP contribution in [0.2, 0.25) is 0 Å². The number of ether oxygens (including phenoxy) is 1. The standard InChI is InChI=1S/C20H21N3O2/c1-16-5-2-3-6-19(16)25-15-20(24)21-13-17-7-9-18(10-8-17)14-23-12-4-11-22-23/h2-12H,13-15H2,1H3,(H,21,24). The highest BCUT2D eigenvalue weighted by Gasteiger charge is 2.04. The highest BCUT2D eigenvalue weighted by atomic mass is 16.5. The smallest absolute Gasteiger partial charge is 0.258 e. The molecule has 3 rings (SSSR count). The minimum absolute atomic E-state index is 0.0161. The lowest BCUT2D eigenvalue weighted by atomic mass is 10.1. The molecular weight excluding hydrogens is 314 g/mol. The highest BCUT2D eigenvalue weighted by molar-refractivity contribution is 5.77. The molecule has 5 nitrogen and oxygen atoms in total. The third-order valence-electron chi connectivity index (χ3n) is 3.87. The quantitative estimate of drug-likeness (QED) is 0.722. The third kappa shape index (κ3) is 4.94. The topological polar surface area (TPSA) is 56.1 Å². The van der Waals surface area contributed by atoms with E-state index in [-0.39, 0.29) is 12.5 Å². The molecule has 0 fully saturated rings. The van der Waals surface area contributed by atoms with Crippen molar-refractivity contribution in [3.05, 3.63) is 83.7 Å². The first-order chi connectivity index (χ1) is 12.2. The maximum absolute atomic E-state index is 11.9. The van der Waals surface area contributed by atoms with Gasteiger partial charge in [0.2, 0.25) is 0 Å². The normalized spacial score (nSPS) is 10.4. The van der Waals surface area contributed by atoms with E-state index in [1.54, 1.807) is 6.20 Å². The van der Waals surface area contributed by atoms with Gasteiger partial charge in [-0.1, -0.05) is 42.5 Å². The first-order valence-corrected chi connectivity index (χ1v) is 8.21. The molecule has 0 unspecified atom stereocenters. The molecule has 0 aliphatic rings. The fourth-order valence-corrected chi connectivity index (χ4v) is 2.46. The minimum atomic E-state index is -0.135. The summed E-state index contributed by atoms with van der Waals surface area (Å²) in [7, 11) is 0. The first-order valence-electron chi connectivity index (χ1n) is 8.21. The van der Waals surface area contributed by atoms with E-state index in [0.29, 0.717) is 6.54 Å². The van der Waals surface area contributed by atoms with Gasteiger partial charge in [-0.2, -0.15) is 5.10 Å². The summed E-state index contributed by atoms with van der Waals surface area (Å²) >= 11 is 0. The van der Waals surface area contributed by atoms with Gasteiger partial charge >= 0.3 is 0 Å². The van der Waals surface area contributed by atoms with Gasteiger partial charge in [0.25, 0.3) is 5.91 Å². The number of rotatable bonds is 7. The number of benzene rings is 2. The van der Waals surface area contributed by atoms with Crippen molar-refractivity contribution in [2.75, 3.05) is 6.61 Å². The van der Waals surface area contributed by atoms with Gasteiger partial charge in [0.05, 0.1) is 6.54 Å². The van der Waals surface area contributed by atoms with E-state index >= 15 is 0 Å². The molecule has 128 valence electrons. The molecule has 1 heterocycles.